The van der Waals surface area contributed by atoms with Gasteiger partial charge in [-0.25, -0.2) is 9.78 Å². The highest BCUT2D eigenvalue weighted by Gasteiger charge is 2.43. The lowest BCUT2D eigenvalue weighted by Gasteiger charge is -2.24. The number of hydrogen-bond acceptors (Lipinski definition) is 4. The van der Waals surface area contributed by atoms with E-state index >= 15 is 0 Å². The zero-order valence-electron chi connectivity index (χ0n) is 10.6. The maximum Gasteiger partial charge on any atom is 0.330 e. The summed E-state index contributed by atoms with van der Waals surface area (Å²) in [5.41, 5.74) is 0.0185. The first-order chi connectivity index (χ1) is 9.61. The van der Waals surface area contributed by atoms with E-state index in [9.17, 15) is 14.7 Å². The molecule has 6 nitrogen and oxygen atoms in total. The third-order valence-corrected chi connectivity index (χ3v) is 4.62. The van der Waals surface area contributed by atoms with Crippen molar-refractivity contribution in [2.75, 3.05) is 11.5 Å². The summed E-state index contributed by atoms with van der Waals surface area (Å²) in [5.74, 6) is -0.195. The summed E-state index contributed by atoms with van der Waals surface area (Å²) in [6, 6.07) is 3.38. The second-order valence-electron chi connectivity index (χ2n) is 4.75. The molecule has 1 aliphatic rings. The van der Waals surface area contributed by atoms with Gasteiger partial charge in [0.1, 0.15) is 11.2 Å². The molecule has 0 bridgehead atoms. The normalized spacial score (nSPS) is 22.0. The molecule has 1 amide bonds. The molecule has 0 radical (unpaired) electrons. The predicted molar refractivity (Wildman–Crippen MR) is 75.0 cm³/mol. The standard InChI is InChI=1S/C13H13N3O3S/c17-11(15-13(12(18)19)3-6-20-8-13)9-1-2-10-14-4-5-16(10)7-9/h1-2,4-5,7H,3,6,8H2,(H,15,17)(H,18,19). The fourth-order valence-electron chi connectivity index (χ4n) is 2.23. The predicted octanol–water partition coefficient (Wildman–Crippen LogP) is 1.02. The minimum atomic E-state index is -1.15. The van der Waals surface area contributed by atoms with Crippen LogP contribution in [-0.2, 0) is 4.79 Å². The molecule has 3 rings (SSSR count). The van der Waals surface area contributed by atoms with Crippen molar-refractivity contribution in [2.45, 2.75) is 12.0 Å². The molecular weight excluding hydrogens is 278 g/mol. The van der Waals surface area contributed by atoms with E-state index in [1.807, 2.05) is 0 Å². The molecule has 1 aliphatic heterocycles. The smallest absolute Gasteiger partial charge is 0.330 e. The van der Waals surface area contributed by atoms with Gasteiger partial charge in [-0.3, -0.25) is 4.79 Å². The van der Waals surface area contributed by atoms with Crippen LogP contribution in [0.4, 0.5) is 0 Å². The van der Waals surface area contributed by atoms with Gasteiger partial charge in [0.15, 0.2) is 0 Å². The number of hydrogen-bond donors (Lipinski definition) is 2. The first-order valence-electron chi connectivity index (χ1n) is 6.17. The fraction of sp³-hybridized carbons (Fsp3) is 0.308. The highest BCUT2D eigenvalue weighted by Crippen LogP contribution is 2.28. The fourth-order valence-corrected chi connectivity index (χ4v) is 3.56. The first-order valence-corrected chi connectivity index (χ1v) is 7.33. The second kappa shape index (κ2) is 4.82. The number of aromatic nitrogens is 2. The number of aliphatic carboxylic acids is 1. The van der Waals surface area contributed by atoms with Crippen molar-refractivity contribution in [1.29, 1.82) is 0 Å². The Hall–Kier alpha value is -2.02. The number of pyridine rings is 1. The Labute approximate surface area is 119 Å². The van der Waals surface area contributed by atoms with E-state index in [4.69, 9.17) is 0 Å². The third-order valence-electron chi connectivity index (χ3n) is 3.43. The Morgan fingerprint density at radius 3 is 3.00 bits per heavy atom. The molecule has 0 aliphatic carbocycles. The zero-order valence-corrected chi connectivity index (χ0v) is 11.4. The molecule has 3 heterocycles. The van der Waals surface area contributed by atoms with Gasteiger partial charge in [0.2, 0.25) is 0 Å². The van der Waals surface area contributed by atoms with Crippen LogP contribution in [0.1, 0.15) is 16.8 Å². The molecule has 1 fully saturated rings. The van der Waals surface area contributed by atoms with Crippen molar-refractivity contribution in [2.24, 2.45) is 0 Å². The Morgan fingerprint density at radius 1 is 1.45 bits per heavy atom. The van der Waals surface area contributed by atoms with Crippen LogP contribution in [0.15, 0.2) is 30.7 Å². The molecule has 2 aromatic heterocycles. The number of carboxylic acids is 1. The van der Waals surface area contributed by atoms with E-state index in [1.165, 1.54) is 11.8 Å². The van der Waals surface area contributed by atoms with Gasteiger partial charge in [0.25, 0.3) is 5.91 Å². The average molecular weight is 291 g/mol. The Morgan fingerprint density at radius 2 is 2.30 bits per heavy atom. The summed E-state index contributed by atoms with van der Waals surface area (Å²) >= 11 is 1.54. The van der Waals surface area contributed by atoms with Crippen LogP contribution in [0.2, 0.25) is 0 Å². The second-order valence-corrected chi connectivity index (χ2v) is 5.86. The van der Waals surface area contributed by atoms with Crippen LogP contribution in [0, 0.1) is 0 Å². The van der Waals surface area contributed by atoms with Crippen molar-refractivity contribution in [3.8, 4) is 0 Å². The summed E-state index contributed by atoms with van der Waals surface area (Å²) in [5, 5.41) is 12.0. The van der Waals surface area contributed by atoms with Crippen LogP contribution in [0.25, 0.3) is 5.65 Å². The number of amides is 1. The van der Waals surface area contributed by atoms with Crippen molar-refractivity contribution in [1.82, 2.24) is 14.7 Å². The molecule has 7 heteroatoms. The average Bonchev–Trinajstić information content (AvgIpc) is 3.06. The molecular formula is C13H13N3O3S. The van der Waals surface area contributed by atoms with Crippen LogP contribution in [0.5, 0.6) is 0 Å². The molecule has 2 aromatic rings. The van der Waals surface area contributed by atoms with Gasteiger partial charge in [0.05, 0.1) is 5.56 Å². The molecule has 20 heavy (non-hydrogen) atoms. The molecule has 0 spiro atoms. The van der Waals surface area contributed by atoms with E-state index in [0.717, 1.165) is 11.4 Å². The van der Waals surface area contributed by atoms with E-state index in [1.54, 1.807) is 35.1 Å². The quantitative estimate of drug-likeness (QED) is 0.882. The van der Waals surface area contributed by atoms with Crippen molar-refractivity contribution in [3.05, 3.63) is 36.3 Å². The van der Waals surface area contributed by atoms with Crippen LogP contribution >= 0.6 is 11.8 Å². The summed E-state index contributed by atoms with van der Waals surface area (Å²) < 4.78 is 1.73. The van der Waals surface area contributed by atoms with E-state index in [-0.39, 0.29) is 5.91 Å². The SMILES string of the molecule is O=C(NC1(C(=O)O)CCSC1)c1ccc2nccn2c1. The summed E-state index contributed by atoms with van der Waals surface area (Å²) in [7, 11) is 0. The number of fused-ring (bicyclic) bond motifs is 1. The number of carbonyl (C=O) groups is 2. The highest BCUT2D eigenvalue weighted by molar-refractivity contribution is 7.99. The Bertz CT molecular complexity index is 676. The lowest BCUT2D eigenvalue weighted by molar-refractivity contribution is -0.143. The molecule has 104 valence electrons. The number of nitrogens with zero attached hydrogens (tertiary/aromatic N) is 2. The molecule has 0 saturated carbocycles. The number of rotatable bonds is 3. The van der Waals surface area contributed by atoms with Gasteiger partial charge in [0, 0.05) is 24.3 Å². The zero-order chi connectivity index (χ0) is 14.2. The Balaban J connectivity index is 1.86. The van der Waals surface area contributed by atoms with Gasteiger partial charge in [-0.15, -0.1) is 0 Å². The van der Waals surface area contributed by atoms with Gasteiger partial charge in [-0.1, -0.05) is 0 Å². The van der Waals surface area contributed by atoms with E-state index in [0.29, 0.717) is 17.7 Å². The molecule has 1 saturated heterocycles. The number of thioether (sulfide) groups is 1. The van der Waals surface area contributed by atoms with Gasteiger partial charge in [-0.2, -0.15) is 11.8 Å². The van der Waals surface area contributed by atoms with Gasteiger partial charge >= 0.3 is 5.97 Å². The maximum atomic E-state index is 12.3. The molecule has 0 aromatic carbocycles. The highest BCUT2D eigenvalue weighted by atomic mass is 32.2. The maximum absolute atomic E-state index is 12.3. The van der Waals surface area contributed by atoms with Gasteiger partial charge < -0.3 is 14.8 Å². The lowest BCUT2D eigenvalue weighted by atomic mass is 9.98. The summed E-state index contributed by atoms with van der Waals surface area (Å²) in [6.07, 6.45) is 5.48. The van der Waals surface area contributed by atoms with E-state index in [2.05, 4.69) is 10.3 Å². The van der Waals surface area contributed by atoms with Crippen LogP contribution < -0.4 is 5.32 Å². The number of imidazole rings is 1. The molecule has 1 atom stereocenters. The van der Waals surface area contributed by atoms with Crippen molar-refractivity contribution in [3.63, 3.8) is 0 Å². The number of carbonyl (C=O) groups excluding carboxylic acids is 1. The van der Waals surface area contributed by atoms with Crippen LogP contribution in [-0.4, -0.2) is 43.4 Å². The van der Waals surface area contributed by atoms with E-state index < -0.39 is 11.5 Å². The largest absolute Gasteiger partial charge is 0.479 e. The lowest BCUT2D eigenvalue weighted by Crippen LogP contribution is -2.54. The van der Waals surface area contributed by atoms with Crippen LogP contribution in [0.3, 0.4) is 0 Å². The topological polar surface area (TPSA) is 83.7 Å². The van der Waals surface area contributed by atoms with Gasteiger partial charge in [-0.05, 0) is 24.3 Å². The van der Waals surface area contributed by atoms with Crippen molar-refractivity contribution >= 4 is 29.3 Å². The third kappa shape index (κ3) is 2.14. The monoisotopic (exact) mass is 291 g/mol. The number of carboxylic acid groups (broad SMARTS) is 1. The van der Waals surface area contributed by atoms with Crippen molar-refractivity contribution < 1.29 is 14.7 Å². The number of nitrogens with one attached hydrogen (secondary N) is 1. The molecule has 2 N–H and O–H groups in total. The minimum absolute atomic E-state index is 0.370. The summed E-state index contributed by atoms with van der Waals surface area (Å²) in [6.45, 7) is 0. The Kier molecular flexibility index (Phi) is 3.13. The first kappa shape index (κ1) is 13.0. The minimum Gasteiger partial charge on any atom is -0.479 e. The summed E-state index contributed by atoms with van der Waals surface area (Å²) in [4.78, 5) is 27.8. The molecule has 1 unspecified atom stereocenters.